The van der Waals surface area contributed by atoms with Crippen molar-refractivity contribution in [1.82, 2.24) is 14.5 Å². The summed E-state index contributed by atoms with van der Waals surface area (Å²) >= 11 is 1.10. The van der Waals surface area contributed by atoms with Gasteiger partial charge < -0.3 is 15.8 Å². The number of carbonyl (C=O) groups excluding carboxylic acids is 1. The summed E-state index contributed by atoms with van der Waals surface area (Å²) in [6.07, 6.45) is 0.672. The maximum absolute atomic E-state index is 12.4. The lowest BCUT2D eigenvalue weighted by Gasteiger charge is -2.23. The third kappa shape index (κ3) is 3.63. The van der Waals surface area contributed by atoms with Gasteiger partial charge in [-0.25, -0.2) is 0 Å². The van der Waals surface area contributed by atoms with Crippen LogP contribution in [0.1, 0.15) is 36.1 Å². The zero-order chi connectivity index (χ0) is 14.4. The number of nitrogens with two attached hydrogens (primary N) is 1. The molecule has 1 heterocycles. The first-order valence-electron chi connectivity index (χ1n) is 6.12. The summed E-state index contributed by atoms with van der Waals surface area (Å²) in [5.74, 6) is -0.198. The number of hydrogen-bond acceptors (Lipinski definition) is 6. The molecule has 1 unspecified atom stereocenters. The van der Waals surface area contributed by atoms with Gasteiger partial charge in [0, 0.05) is 19.0 Å². The third-order valence-corrected chi connectivity index (χ3v) is 3.62. The number of aryl methyl sites for hydroxylation is 1. The number of nitrogens with zero attached hydrogens (tertiary/aromatic N) is 4. The Morgan fingerprint density at radius 3 is 2.79 bits per heavy atom. The molecule has 7 nitrogen and oxygen atoms in total. The van der Waals surface area contributed by atoms with Crippen LogP contribution in [0.4, 0.5) is 0 Å². The molecule has 0 spiro atoms. The van der Waals surface area contributed by atoms with Gasteiger partial charge in [-0.1, -0.05) is 23.5 Å². The van der Waals surface area contributed by atoms with Gasteiger partial charge in [-0.05, 0) is 24.9 Å². The minimum atomic E-state index is -0.208. The Hall–Kier alpha value is -1.70. The van der Waals surface area contributed by atoms with Gasteiger partial charge in [-0.15, -0.1) is 5.10 Å². The van der Waals surface area contributed by atoms with E-state index in [9.17, 15) is 4.79 Å². The molecule has 0 saturated heterocycles. The average molecular weight is 285 g/mol. The predicted octanol–water partition coefficient (Wildman–Crippen LogP) is 0.945. The van der Waals surface area contributed by atoms with Crippen molar-refractivity contribution >= 4 is 23.3 Å². The van der Waals surface area contributed by atoms with Crippen LogP contribution in [0.25, 0.3) is 0 Å². The topological polar surface area (TPSA) is 105 Å². The molecule has 0 bridgehead atoms. The quantitative estimate of drug-likeness (QED) is 0.350. The highest BCUT2D eigenvalue weighted by atomic mass is 32.1. The van der Waals surface area contributed by atoms with E-state index in [0.717, 1.165) is 11.5 Å². The van der Waals surface area contributed by atoms with Crippen LogP contribution in [-0.4, -0.2) is 44.5 Å². The highest BCUT2D eigenvalue weighted by molar-refractivity contribution is 7.08. The fourth-order valence-corrected chi connectivity index (χ4v) is 2.34. The number of amidine groups is 1. The molecule has 19 heavy (non-hydrogen) atoms. The summed E-state index contributed by atoms with van der Waals surface area (Å²) in [5.41, 5.74) is 6.25. The molecule has 106 valence electrons. The van der Waals surface area contributed by atoms with Gasteiger partial charge in [-0.2, -0.15) is 0 Å². The molecule has 0 aromatic carbocycles. The lowest BCUT2D eigenvalue weighted by molar-refractivity contribution is 0.0757. The second-order valence-electron chi connectivity index (χ2n) is 4.17. The maximum Gasteiger partial charge on any atom is 0.267 e. The van der Waals surface area contributed by atoms with E-state index in [1.54, 1.807) is 11.8 Å². The SMILES string of the molecule is CCc1nnsc1C(=O)N(CC)CC(C)C(N)=NO. The first-order chi connectivity index (χ1) is 9.04. The van der Waals surface area contributed by atoms with E-state index in [1.165, 1.54) is 0 Å². The Balaban J connectivity index is 2.83. The van der Waals surface area contributed by atoms with Crippen molar-refractivity contribution in [3.63, 3.8) is 0 Å². The monoisotopic (exact) mass is 285 g/mol. The smallest absolute Gasteiger partial charge is 0.267 e. The molecule has 0 aliphatic carbocycles. The summed E-state index contributed by atoms with van der Waals surface area (Å²) in [6.45, 7) is 6.56. The first-order valence-corrected chi connectivity index (χ1v) is 6.90. The molecular formula is C11H19N5O2S. The van der Waals surface area contributed by atoms with Crippen molar-refractivity contribution in [3.8, 4) is 0 Å². The fourth-order valence-electron chi connectivity index (χ4n) is 1.62. The normalized spacial score (nSPS) is 13.3. The number of amides is 1. The number of rotatable bonds is 6. The Bertz CT molecular complexity index is 460. The van der Waals surface area contributed by atoms with E-state index in [4.69, 9.17) is 10.9 Å². The Morgan fingerprint density at radius 1 is 1.58 bits per heavy atom. The molecule has 1 amide bonds. The van der Waals surface area contributed by atoms with Crippen molar-refractivity contribution in [2.24, 2.45) is 16.8 Å². The standard InChI is InChI=1S/C11H19N5O2S/c1-4-8-9(19-15-13-8)11(17)16(5-2)6-7(3)10(12)14-18/h7,18H,4-6H2,1-3H3,(H2,12,14). The lowest BCUT2D eigenvalue weighted by atomic mass is 10.1. The molecule has 0 aliphatic rings. The summed E-state index contributed by atoms with van der Waals surface area (Å²) in [5, 5.41) is 15.5. The minimum absolute atomic E-state index is 0.105. The van der Waals surface area contributed by atoms with Gasteiger partial charge in [0.1, 0.15) is 10.7 Å². The number of aromatic nitrogens is 2. The Labute approximate surface area is 116 Å². The van der Waals surface area contributed by atoms with Crippen LogP contribution in [-0.2, 0) is 6.42 Å². The van der Waals surface area contributed by atoms with Gasteiger partial charge >= 0.3 is 0 Å². The fraction of sp³-hybridized carbons (Fsp3) is 0.636. The molecule has 8 heteroatoms. The van der Waals surface area contributed by atoms with Gasteiger partial charge in [0.2, 0.25) is 0 Å². The molecule has 1 atom stereocenters. The van der Waals surface area contributed by atoms with Gasteiger partial charge in [0.15, 0.2) is 0 Å². The summed E-state index contributed by atoms with van der Waals surface area (Å²) < 4.78 is 3.82. The molecule has 0 saturated carbocycles. The maximum atomic E-state index is 12.4. The molecule has 1 aromatic heterocycles. The molecule has 0 fully saturated rings. The highest BCUT2D eigenvalue weighted by Crippen LogP contribution is 2.15. The summed E-state index contributed by atoms with van der Waals surface area (Å²) in [7, 11) is 0. The number of oxime groups is 1. The largest absolute Gasteiger partial charge is 0.409 e. The average Bonchev–Trinajstić information content (AvgIpc) is 2.90. The van der Waals surface area contributed by atoms with E-state index in [0.29, 0.717) is 30.1 Å². The van der Waals surface area contributed by atoms with Gasteiger partial charge in [0.05, 0.1) is 5.69 Å². The minimum Gasteiger partial charge on any atom is -0.409 e. The van der Waals surface area contributed by atoms with Crippen molar-refractivity contribution in [2.45, 2.75) is 27.2 Å². The van der Waals surface area contributed by atoms with Crippen LogP contribution < -0.4 is 5.73 Å². The number of hydrogen-bond donors (Lipinski definition) is 2. The van der Waals surface area contributed by atoms with Crippen LogP contribution in [0.5, 0.6) is 0 Å². The molecule has 1 aromatic rings. The molecule has 0 radical (unpaired) electrons. The number of carbonyl (C=O) groups is 1. The van der Waals surface area contributed by atoms with Crippen LogP contribution in [0.3, 0.4) is 0 Å². The van der Waals surface area contributed by atoms with Crippen molar-refractivity contribution in [2.75, 3.05) is 13.1 Å². The predicted molar refractivity (Wildman–Crippen MR) is 73.4 cm³/mol. The zero-order valence-corrected chi connectivity index (χ0v) is 12.1. The van der Waals surface area contributed by atoms with E-state index in [2.05, 4.69) is 14.7 Å². The molecule has 0 aliphatic heterocycles. The van der Waals surface area contributed by atoms with Crippen LogP contribution in [0.2, 0.25) is 0 Å². The van der Waals surface area contributed by atoms with E-state index in [-0.39, 0.29) is 17.7 Å². The zero-order valence-electron chi connectivity index (χ0n) is 11.3. The lowest BCUT2D eigenvalue weighted by Crippen LogP contribution is -2.38. The Kier molecular flexibility index (Phi) is 5.68. The highest BCUT2D eigenvalue weighted by Gasteiger charge is 2.23. The second kappa shape index (κ2) is 7.03. The van der Waals surface area contributed by atoms with Crippen LogP contribution >= 0.6 is 11.5 Å². The van der Waals surface area contributed by atoms with Crippen molar-refractivity contribution in [1.29, 1.82) is 0 Å². The van der Waals surface area contributed by atoms with Crippen molar-refractivity contribution in [3.05, 3.63) is 10.6 Å². The van der Waals surface area contributed by atoms with Crippen molar-refractivity contribution < 1.29 is 10.0 Å². The molecule has 3 N–H and O–H groups in total. The van der Waals surface area contributed by atoms with E-state index in [1.807, 2.05) is 13.8 Å². The van der Waals surface area contributed by atoms with E-state index < -0.39 is 0 Å². The Morgan fingerprint density at radius 2 is 2.26 bits per heavy atom. The van der Waals surface area contributed by atoms with Crippen LogP contribution in [0, 0.1) is 5.92 Å². The molecule has 1 rings (SSSR count). The van der Waals surface area contributed by atoms with Gasteiger partial charge in [0.25, 0.3) is 5.91 Å². The van der Waals surface area contributed by atoms with Crippen LogP contribution in [0.15, 0.2) is 5.16 Å². The summed E-state index contributed by atoms with van der Waals surface area (Å²) in [6, 6.07) is 0. The molecular weight excluding hydrogens is 266 g/mol. The summed E-state index contributed by atoms with van der Waals surface area (Å²) in [4.78, 5) is 14.6. The van der Waals surface area contributed by atoms with Gasteiger partial charge in [-0.3, -0.25) is 4.79 Å². The second-order valence-corrected chi connectivity index (χ2v) is 4.93. The van der Waals surface area contributed by atoms with E-state index >= 15 is 0 Å². The first kappa shape index (κ1) is 15.4. The third-order valence-electron chi connectivity index (χ3n) is 2.87.